The number of nitrogens with one attached hydrogen (secondary N) is 1. The molecule has 1 aromatic heterocycles. The van der Waals surface area contributed by atoms with Crippen molar-refractivity contribution in [2.45, 2.75) is 0 Å². The zero-order valence-corrected chi connectivity index (χ0v) is 12.9. The van der Waals surface area contributed by atoms with E-state index in [-0.39, 0.29) is 5.56 Å². The molecule has 0 saturated heterocycles. The zero-order chi connectivity index (χ0) is 15.8. The number of H-pyrrole nitrogens is 1. The van der Waals surface area contributed by atoms with E-state index in [4.69, 9.17) is 16.3 Å². The summed E-state index contributed by atoms with van der Waals surface area (Å²) in [4.78, 5) is 19.9. The molecule has 4 nitrogen and oxygen atoms in total. The van der Waals surface area contributed by atoms with E-state index < -0.39 is 0 Å². The number of hydrogen-bond donors (Lipinski definition) is 1. The van der Waals surface area contributed by atoms with Gasteiger partial charge in [0, 0.05) is 21.5 Å². The molecule has 0 aliphatic carbocycles. The molecule has 1 aliphatic heterocycles. The summed E-state index contributed by atoms with van der Waals surface area (Å²) >= 11 is 6.18. The van der Waals surface area contributed by atoms with Crippen LogP contribution >= 0.6 is 11.6 Å². The van der Waals surface area contributed by atoms with Crippen LogP contribution in [0.4, 0.5) is 0 Å². The van der Waals surface area contributed by atoms with Crippen molar-refractivity contribution in [2.24, 2.45) is 4.99 Å². The first-order valence-corrected chi connectivity index (χ1v) is 7.70. The van der Waals surface area contributed by atoms with Gasteiger partial charge in [0.05, 0.1) is 6.54 Å². The third kappa shape index (κ3) is 2.41. The van der Waals surface area contributed by atoms with Gasteiger partial charge in [0.15, 0.2) is 0 Å². The molecule has 114 valence electrons. The predicted molar refractivity (Wildman–Crippen MR) is 92.4 cm³/mol. The quantitative estimate of drug-likeness (QED) is 0.782. The van der Waals surface area contributed by atoms with E-state index in [1.54, 1.807) is 6.07 Å². The van der Waals surface area contributed by atoms with Gasteiger partial charge in [-0.3, -0.25) is 4.79 Å². The van der Waals surface area contributed by atoms with Crippen molar-refractivity contribution in [1.82, 2.24) is 4.98 Å². The summed E-state index contributed by atoms with van der Waals surface area (Å²) in [6.07, 6.45) is 0. The smallest absolute Gasteiger partial charge is 0.261 e. The van der Waals surface area contributed by atoms with E-state index in [9.17, 15) is 4.79 Å². The predicted octanol–water partition coefficient (Wildman–Crippen LogP) is 3.63. The Morgan fingerprint density at radius 1 is 1.09 bits per heavy atom. The standard InChI is InChI=1S/C18H13ClN2O2/c19-12-6-7-14-13(10-12)15(11-4-2-1-3-5-11)16(17(22)21-14)18-20-8-9-23-18/h1-7,10H,8-9H2,(H,21,22). The van der Waals surface area contributed by atoms with Crippen LogP contribution in [-0.4, -0.2) is 24.0 Å². The lowest BCUT2D eigenvalue weighted by Gasteiger charge is -2.13. The molecular weight excluding hydrogens is 312 g/mol. The Balaban J connectivity index is 2.15. The molecule has 0 saturated carbocycles. The monoisotopic (exact) mass is 324 g/mol. The number of pyridine rings is 1. The van der Waals surface area contributed by atoms with Gasteiger partial charge in [0.25, 0.3) is 5.56 Å². The Kier molecular flexibility index (Phi) is 3.39. The highest BCUT2D eigenvalue weighted by Gasteiger charge is 2.22. The second-order valence-corrected chi connectivity index (χ2v) is 5.73. The Morgan fingerprint density at radius 2 is 1.91 bits per heavy atom. The highest BCUT2D eigenvalue weighted by atomic mass is 35.5. The summed E-state index contributed by atoms with van der Waals surface area (Å²) in [5.74, 6) is 0.395. The number of rotatable bonds is 2. The lowest BCUT2D eigenvalue weighted by Crippen LogP contribution is -2.20. The fourth-order valence-corrected chi connectivity index (χ4v) is 3.03. The molecule has 0 unspecified atom stereocenters. The summed E-state index contributed by atoms with van der Waals surface area (Å²) in [7, 11) is 0. The summed E-state index contributed by atoms with van der Waals surface area (Å²) < 4.78 is 5.56. The van der Waals surface area contributed by atoms with E-state index in [1.165, 1.54) is 0 Å². The molecule has 0 bridgehead atoms. The average molecular weight is 325 g/mol. The number of aliphatic imine (C=N–C) groups is 1. The van der Waals surface area contributed by atoms with Crippen molar-refractivity contribution in [1.29, 1.82) is 0 Å². The Morgan fingerprint density at radius 3 is 2.65 bits per heavy atom. The topological polar surface area (TPSA) is 54.5 Å². The van der Waals surface area contributed by atoms with Crippen molar-refractivity contribution in [3.63, 3.8) is 0 Å². The normalized spacial score (nSPS) is 13.9. The lowest BCUT2D eigenvalue weighted by molar-refractivity contribution is 0.348. The van der Waals surface area contributed by atoms with Crippen LogP contribution in [0, 0.1) is 0 Å². The fraction of sp³-hybridized carbons (Fsp3) is 0.111. The molecule has 1 N–H and O–H groups in total. The first-order valence-electron chi connectivity index (χ1n) is 7.32. The zero-order valence-electron chi connectivity index (χ0n) is 12.2. The molecule has 2 aromatic carbocycles. The third-order valence-electron chi connectivity index (χ3n) is 3.84. The van der Waals surface area contributed by atoms with Gasteiger partial charge in [-0.25, -0.2) is 4.99 Å². The second-order valence-electron chi connectivity index (χ2n) is 5.30. The average Bonchev–Trinajstić information content (AvgIpc) is 3.09. The van der Waals surface area contributed by atoms with Crippen molar-refractivity contribution in [3.8, 4) is 11.1 Å². The van der Waals surface area contributed by atoms with E-state index in [2.05, 4.69) is 9.98 Å². The number of halogens is 1. The number of ether oxygens (including phenoxy) is 1. The molecule has 0 spiro atoms. The molecule has 4 rings (SSSR count). The number of nitrogens with zero attached hydrogens (tertiary/aromatic N) is 1. The Labute approximate surface area is 137 Å². The summed E-state index contributed by atoms with van der Waals surface area (Å²) in [5, 5.41) is 1.48. The van der Waals surface area contributed by atoms with Crippen LogP contribution in [0.15, 0.2) is 58.3 Å². The molecule has 0 atom stereocenters. The minimum atomic E-state index is -0.209. The maximum absolute atomic E-state index is 12.6. The van der Waals surface area contributed by atoms with Gasteiger partial charge in [-0.15, -0.1) is 0 Å². The van der Waals surface area contributed by atoms with Crippen molar-refractivity contribution >= 4 is 28.4 Å². The maximum atomic E-state index is 12.6. The van der Waals surface area contributed by atoms with E-state index >= 15 is 0 Å². The summed E-state index contributed by atoms with van der Waals surface area (Å²) in [6, 6.07) is 15.2. The number of benzene rings is 2. The number of aromatic amines is 1. The van der Waals surface area contributed by atoms with Crippen LogP contribution in [-0.2, 0) is 4.74 Å². The first-order chi connectivity index (χ1) is 11.2. The van der Waals surface area contributed by atoms with Crippen LogP contribution < -0.4 is 5.56 Å². The van der Waals surface area contributed by atoms with Gasteiger partial charge in [-0.2, -0.15) is 0 Å². The first kappa shape index (κ1) is 14.0. The highest BCUT2D eigenvalue weighted by Crippen LogP contribution is 2.32. The van der Waals surface area contributed by atoms with E-state index in [0.29, 0.717) is 29.6 Å². The van der Waals surface area contributed by atoms with Crippen molar-refractivity contribution in [2.75, 3.05) is 13.2 Å². The Bertz CT molecular complexity index is 977. The Hall–Kier alpha value is -2.59. The van der Waals surface area contributed by atoms with Gasteiger partial charge < -0.3 is 9.72 Å². The molecule has 3 aromatic rings. The van der Waals surface area contributed by atoms with Gasteiger partial charge in [-0.05, 0) is 23.8 Å². The van der Waals surface area contributed by atoms with Crippen molar-refractivity contribution in [3.05, 3.63) is 69.5 Å². The van der Waals surface area contributed by atoms with Gasteiger partial charge in [-0.1, -0.05) is 41.9 Å². The molecule has 0 fully saturated rings. The summed E-state index contributed by atoms with van der Waals surface area (Å²) in [5.41, 5.74) is 2.72. The molecule has 0 radical (unpaired) electrons. The van der Waals surface area contributed by atoms with Crippen LogP contribution in [0.3, 0.4) is 0 Å². The van der Waals surface area contributed by atoms with E-state index in [1.807, 2.05) is 42.5 Å². The minimum Gasteiger partial charge on any atom is -0.475 e. The van der Waals surface area contributed by atoms with Crippen molar-refractivity contribution < 1.29 is 4.74 Å². The van der Waals surface area contributed by atoms with Crippen LogP contribution in [0.2, 0.25) is 5.02 Å². The van der Waals surface area contributed by atoms with Gasteiger partial charge in [0.2, 0.25) is 5.90 Å². The molecular formula is C18H13ClN2O2. The van der Waals surface area contributed by atoms with Crippen LogP contribution in [0.1, 0.15) is 5.56 Å². The molecule has 0 amide bonds. The van der Waals surface area contributed by atoms with Crippen LogP contribution in [0.25, 0.3) is 22.0 Å². The number of aromatic nitrogens is 1. The van der Waals surface area contributed by atoms with E-state index in [0.717, 1.165) is 22.0 Å². The third-order valence-corrected chi connectivity index (χ3v) is 4.07. The largest absolute Gasteiger partial charge is 0.475 e. The molecule has 5 heteroatoms. The maximum Gasteiger partial charge on any atom is 0.261 e. The fourth-order valence-electron chi connectivity index (χ4n) is 2.86. The molecule has 1 aliphatic rings. The second kappa shape index (κ2) is 5.56. The lowest BCUT2D eigenvalue weighted by atomic mass is 9.96. The highest BCUT2D eigenvalue weighted by molar-refractivity contribution is 6.31. The SMILES string of the molecule is O=c1[nH]c2ccc(Cl)cc2c(-c2ccccc2)c1C1=NCCO1. The van der Waals surface area contributed by atoms with Gasteiger partial charge in [0.1, 0.15) is 12.2 Å². The number of fused-ring (bicyclic) bond motifs is 1. The van der Waals surface area contributed by atoms with Crippen LogP contribution in [0.5, 0.6) is 0 Å². The summed E-state index contributed by atoms with van der Waals surface area (Å²) in [6.45, 7) is 1.06. The molecule has 23 heavy (non-hydrogen) atoms. The minimum absolute atomic E-state index is 0.209. The van der Waals surface area contributed by atoms with Gasteiger partial charge >= 0.3 is 0 Å². The number of hydrogen-bond acceptors (Lipinski definition) is 3. The molecule has 2 heterocycles.